The van der Waals surface area contributed by atoms with Crippen LogP contribution in [0, 0.1) is 6.92 Å². The molecule has 8 heteroatoms. The van der Waals surface area contributed by atoms with Crippen molar-refractivity contribution in [2.45, 2.75) is 32.7 Å². The van der Waals surface area contributed by atoms with Gasteiger partial charge in [0.05, 0.1) is 12.2 Å². The maximum atomic E-state index is 12.0. The summed E-state index contributed by atoms with van der Waals surface area (Å²) in [5, 5.41) is 6.66. The summed E-state index contributed by atoms with van der Waals surface area (Å²) in [6.45, 7) is 4.15. The number of carbonyl (C=O) groups is 1. The fourth-order valence-electron chi connectivity index (χ4n) is 2.45. The van der Waals surface area contributed by atoms with E-state index < -0.39 is 0 Å². The summed E-state index contributed by atoms with van der Waals surface area (Å²) >= 11 is 1.10. The van der Waals surface area contributed by atoms with Gasteiger partial charge in [-0.2, -0.15) is 0 Å². The molecule has 1 amide bonds. The van der Waals surface area contributed by atoms with Gasteiger partial charge in [-0.1, -0.05) is 4.49 Å². The van der Waals surface area contributed by atoms with Gasteiger partial charge in [-0.05, 0) is 43.8 Å². The maximum Gasteiger partial charge on any atom is 0.265 e. The molecule has 3 heterocycles. The lowest BCUT2D eigenvalue weighted by molar-refractivity contribution is 0.0953. The summed E-state index contributed by atoms with van der Waals surface area (Å²) in [7, 11) is 0. The topological polar surface area (TPSA) is 83.9 Å². The van der Waals surface area contributed by atoms with Gasteiger partial charge in [0.25, 0.3) is 5.91 Å². The van der Waals surface area contributed by atoms with E-state index in [0.29, 0.717) is 22.9 Å². The average Bonchev–Trinajstić information content (AvgIpc) is 3.00. The minimum atomic E-state index is -0.181. The molecule has 1 N–H and O–H groups in total. The van der Waals surface area contributed by atoms with Crippen molar-refractivity contribution < 1.29 is 4.79 Å². The second kappa shape index (κ2) is 6.78. The average molecular weight is 318 g/mol. The van der Waals surface area contributed by atoms with Gasteiger partial charge in [-0.25, -0.2) is 9.97 Å². The number of hydrogen-bond acceptors (Lipinski definition) is 7. The first-order chi connectivity index (χ1) is 10.7. The summed E-state index contributed by atoms with van der Waals surface area (Å²) in [5.41, 5.74) is 0.644. The zero-order chi connectivity index (χ0) is 15.4. The highest BCUT2D eigenvalue weighted by molar-refractivity contribution is 7.07. The highest BCUT2D eigenvalue weighted by atomic mass is 32.1. The SMILES string of the molecule is Cc1nnsc1C(=O)NCc1nccc(N2CCCCC2)n1. The van der Waals surface area contributed by atoms with Crippen LogP contribution >= 0.6 is 11.5 Å². The number of aryl methyl sites for hydroxylation is 1. The lowest BCUT2D eigenvalue weighted by Crippen LogP contribution is -2.31. The summed E-state index contributed by atoms with van der Waals surface area (Å²) in [6.07, 6.45) is 5.44. The van der Waals surface area contributed by atoms with E-state index in [1.807, 2.05) is 6.07 Å². The molecule has 1 aliphatic heterocycles. The summed E-state index contributed by atoms with van der Waals surface area (Å²) in [5.74, 6) is 1.38. The van der Waals surface area contributed by atoms with Crippen LogP contribution in [-0.2, 0) is 6.54 Å². The summed E-state index contributed by atoms with van der Waals surface area (Å²) < 4.78 is 3.77. The van der Waals surface area contributed by atoms with Gasteiger partial charge in [0, 0.05) is 19.3 Å². The molecule has 7 nitrogen and oxygen atoms in total. The molecule has 0 unspecified atom stereocenters. The maximum absolute atomic E-state index is 12.0. The van der Waals surface area contributed by atoms with Crippen LogP contribution in [0.15, 0.2) is 12.3 Å². The Labute approximate surface area is 133 Å². The van der Waals surface area contributed by atoms with Crippen molar-refractivity contribution in [3.05, 3.63) is 28.7 Å². The molecule has 0 spiro atoms. The quantitative estimate of drug-likeness (QED) is 0.921. The molecule has 0 atom stereocenters. The third kappa shape index (κ3) is 3.38. The van der Waals surface area contributed by atoms with E-state index >= 15 is 0 Å². The van der Waals surface area contributed by atoms with Crippen molar-refractivity contribution >= 4 is 23.3 Å². The summed E-state index contributed by atoms with van der Waals surface area (Å²) in [6, 6.07) is 1.92. The summed E-state index contributed by atoms with van der Waals surface area (Å²) in [4.78, 5) is 23.6. The largest absolute Gasteiger partial charge is 0.357 e. The fourth-order valence-corrected chi connectivity index (χ4v) is 3.02. The van der Waals surface area contributed by atoms with E-state index in [1.165, 1.54) is 19.3 Å². The molecule has 1 aliphatic rings. The van der Waals surface area contributed by atoms with Crippen molar-refractivity contribution in [3.63, 3.8) is 0 Å². The Hall–Kier alpha value is -2.09. The molecule has 0 bridgehead atoms. The van der Waals surface area contributed by atoms with E-state index in [1.54, 1.807) is 13.1 Å². The van der Waals surface area contributed by atoms with Gasteiger partial charge in [-0.3, -0.25) is 4.79 Å². The smallest absolute Gasteiger partial charge is 0.265 e. The third-order valence-corrected chi connectivity index (χ3v) is 4.46. The zero-order valence-corrected chi connectivity index (χ0v) is 13.3. The molecule has 0 radical (unpaired) electrons. The molecule has 2 aromatic rings. The van der Waals surface area contributed by atoms with Crippen molar-refractivity contribution in [2.24, 2.45) is 0 Å². The number of nitrogens with zero attached hydrogens (tertiary/aromatic N) is 5. The Morgan fingerprint density at radius 3 is 2.91 bits per heavy atom. The number of rotatable bonds is 4. The second-order valence-corrected chi connectivity index (χ2v) is 6.00. The Morgan fingerprint density at radius 2 is 2.18 bits per heavy atom. The van der Waals surface area contributed by atoms with Crippen molar-refractivity contribution in [1.29, 1.82) is 0 Å². The number of amides is 1. The molecule has 2 aromatic heterocycles. The van der Waals surface area contributed by atoms with Gasteiger partial charge in [0.2, 0.25) is 0 Å². The van der Waals surface area contributed by atoms with Gasteiger partial charge in [-0.15, -0.1) is 5.10 Å². The number of hydrogen-bond donors (Lipinski definition) is 1. The van der Waals surface area contributed by atoms with Crippen LogP contribution in [0.1, 0.15) is 40.5 Å². The molecule has 22 heavy (non-hydrogen) atoms. The van der Waals surface area contributed by atoms with Gasteiger partial charge in [0.15, 0.2) is 0 Å². The zero-order valence-electron chi connectivity index (χ0n) is 12.4. The van der Waals surface area contributed by atoms with Crippen LogP contribution in [0.25, 0.3) is 0 Å². The number of piperidine rings is 1. The minimum absolute atomic E-state index is 0.181. The fraction of sp³-hybridized carbons (Fsp3) is 0.500. The van der Waals surface area contributed by atoms with Crippen molar-refractivity contribution in [1.82, 2.24) is 24.9 Å². The lowest BCUT2D eigenvalue weighted by atomic mass is 10.1. The highest BCUT2D eigenvalue weighted by Crippen LogP contribution is 2.17. The molecule has 1 fully saturated rings. The van der Waals surface area contributed by atoms with Crippen LogP contribution in [0.5, 0.6) is 0 Å². The van der Waals surface area contributed by atoms with Crippen LogP contribution < -0.4 is 10.2 Å². The Kier molecular flexibility index (Phi) is 4.57. The minimum Gasteiger partial charge on any atom is -0.357 e. The van der Waals surface area contributed by atoms with Crippen LogP contribution in [-0.4, -0.2) is 38.6 Å². The molecule has 3 rings (SSSR count). The predicted molar refractivity (Wildman–Crippen MR) is 83.9 cm³/mol. The molecule has 116 valence electrons. The number of anilines is 1. The Balaban J connectivity index is 1.63. The predicted octanol–water partition coefficient (Wildman–Crippen LogP) is 1.56. The molecule has 0 saturated carbocycles. The van der Waals surface area contributed by atoms with Crippen LogP contribution in [0.3, 0.4) is 0 Å². The Morgan fingerprint density at radius 1 is 1.36 bits per heavy atom. The number of carbonyl (C=O) groups excluding carboxylic acids is 1. The van der Waals surface area contributed by atoms with E-state index in [-0.39, 0.29) is 5.91 Å². The van der Waals surface area contributed by atoms with E-state index in [2.05, 4.69) is 29.8 Å². The van der Waals surface area contributed by atoms with Crippen molar-refractivity contribution in [2.75, 3.05) is 18.0 Å². The molecule has 1 saturated heterocycles. The first-order valence-corrected chi connectivity index (χ1v) is 8.15. The third-order valence-electron chi connectivity index (χ3n) is 3.64. The monoisotopic (exact) mass is 318 g/mol. The van der Waals surface area contributed by atoms with E-state index in [9.17, 15) is 4.79 Å². The molecule has 0 aliphatic carbocycles. The first kappa shape index (κ1) is 14.8. The van der Waals surface area contributed by atoms with Crippen LogP contribution in [0.4, 0.5) is 5.82 Å². The van der Waals surface area contributed by atoms with Gasteiger partial charge < -0.3 is 10.2 Å². The molecular weight excluding hydrogens is 300 g/mol. The molecular formula is C14H18N6OS. The lowest BCUT2D eigenvalue weighted by Gasteiger charge is -2.27. The number of nitrogens with one attached hydrogen (secondary N) is 1. The van der Waals surface area contributed by atoms with Crippen LogP contribution in [0.2, 0.25) is 0 Å². The molecule has 0 aromatic carbocycles. The standard InChI is InChI=1S/C14H18N6OS/c1-10-13(22-19-18-10)14(21)16-9-11-15-6-5-12(17-11)20-7-3-2-4-8-20/h5-6H,2-4,7-9H2,1H3,(H,16,21). The van der Waals surface area contributed by atoms with E-state index in [0.717, 1.165) is 30.4 Å². The van der Waals surface area contributed by atoms with Gasteiger partial charge in [0.1, 0.15) is 16.5 Å². The number of aromatic nitrogens is 4. The first-order valence-electron chi connectivity index (χ1n) is 7.38. The highest BCUT2D eigenvalue weighted by Gasteiger charge is 2.15. The van der Waals surface area contributed by atoms with E-state index in [4.69, 9.17) is 0 Å². The second-order valence-electron chi connectivity index (χ2n) is 5.25. The Bertz CT molecular complexity index is 652. The van der Waals surface area contributed by atoms with Crippen molar-refractivity contribution in [3.8, 4) is 0 Å². The normalized spacial score (nSPS) is 14.9. The van der Waals surface area contributed by atoms with Gasteiger partial charge >= 0.3 is 0 Å².